The average molecular weight is 171 g/mol. The number of hydrogen-bond acceptors (Lipinski definition) is 1. The Morgan fingerprint density at radius 3 is 2.25 bits per heavy atom. The predicted molar refractivity (Wildman–Crippen MR) is 52.0 cm³/mol. The van der Waals surface area contributed by atoms with Crippen molar-refractivity contribution in [3.63, 3.8) is 0 Å². The van der Waals surface area contributed by atoms with Crippen LogP contribution in [-0.2, 0) is 4.79 Å². The first kappa shape index (κ1) is 11.5. The van der Waals surface area contributed by atoms with Crippen LogP contribution in [-0.4, -0.2) is 23.4 Å². The van der Waals surface area contributed by atoms with Crippen molar-refractivity contribution in [2.75, 3.05) is 6.54 Å². The van der Waals surface area contributed by atoms with E-state index in [9.17, 15) is 4.79 Å². The second-order valence-electron chi connectivity index (χ2n) is 3.20. The Kier molecular flexibility index (Phi) is 5.77. The quantitative estimate of drug-likeness (QED) is 0.622. The molecule has 1 unspecified atom stereocenters. The molecular formula is C10H21NO. The summed E-state index contributed by atoms with van der Waals surface area (Å²) < 4.78 is 0. The lowest BCUT2D eigenvalue weighted by atomic mass is 10.2. The van der Waals surface area contributed by atoms with Crippen LogP contribution >= 0.6 is 0 Å². The highest BCUT2D eigenvalue weighted by Crippen LogP contribution is 2.06. The lowest BCUT2D eigenvalue weighted by Crippen LogP contribution is -2.38. The van der Waals surface area contributed by atoms with E-state index in [2.05, 4.69) is 20.8 Å². The van der Waals surface area contributed by atoms with Gasteiger partial charge >= 0.3 is 0 Å². The molecule has 1 amide bonds. The highest BCUT2D eigenvalue weighted by molar-refractivity contribution is 5.76. The van der Waals surface area contributed by atoms with Gasteiger partial charge in [0.05, 0.1) is 0 Å². The van der Waals surface area contributed by atoms with Gasteiger partial charge in [-0.2, -0.15) is 0 Å². The van der Waals surface area contributed by atoms with E-state index in [-0.39, 0.29) is 5.91 Å². The van der Waals surface area contributed by atoms with Crippen molar-refractivity contribution < 1.29 is 4.79 Å². The predicted octanol–water partition coefficient (Wildman–Crippen LogP) is 2.43. The Hall–Kier alpha value is -0.530. The summed E-state index contributed by atoms with van der Waals surface area (Å²) in [6.45, 7) is 9.17. The van der Waals surface area contributed by atoms with E-state index in [0.29, 0.717) is 12.5 Å². The fourth-order valence-electron chi connectivity index (χ4n) is 1.26. The molecule has 0 aromatic carbocycles. The van der Waals surface area contributed by atoms with Gasteiger partial charge in [0.1, 0.15) is 0 Å². The molecular weight excluding hydrogens is 150 g/mol. The normalized spacial score (nSPS) is 12.7. The summed E-state index contributed by atoms with van der Waals surface area (Å²) in [4.78, 5) is 13.4. The first-order valence-electron chi connectivity index (χ1n) is 4.96. The van der Waals surface area contributed by atoms with E-state index in [0.717, 1.165) is 19.4 Å². The minimum atomic E-state index is 0.284. The fourth-order valence-corrected chi connectivity index (χ4v) is 1.26. The van der Waals surface area contributed by atoms with Crippen molar-refractivity contribution in [1.29, 1.82) is 0 Å². The Labute approximate surface area is 75.9 Å². The molecule has 0 N–H and O–H groups in total. The molecule has 2 nitrogen and oxygen atoms in total. The van der Waals surface area contributed by atoms with Crippen LogP contribution in [0.1, 0.15) is 47.0 Å². The van der Waals surface area contributed by atoms with E-state index in [1.54, 1.807) is 0 Å². The third-order valence-electron chi connectivity index (χ3n) is 2.21. The van der Waals surface area contributed by atoms with Crippen molar-refractivity contribution >= 4 is 5.91 Å². The van der Waals surface area contributed by atoms with E-state index in [1.165, 1.54) is 0 Å². The molecule has 1 atom stereocenters. The maximum Gasteiger partial charge on any atom is 0.222 e. The van der Waals surface area contributed by atoms with E-state index in [1.807, 2.05) is 11.8 Å². The number of nitrogens with zero attached hydrogens (tertiary/aromatic N) is 1. The monoisotopic (exact) mass is 171 g/mol. The standard InChI is InChI=1S/C10H21NO/c1-5-8-11(9(4)6-2)10(12)7-3/h9H,5-8H2,1-4H3. The summed E-state index contributed by atoms with van der Waals surface area (Å²) in [6, 6.07) is 0.400. The molecule has 2 heteroatoms. The smallest absolute Gasteiger partial charge is 0.222 e. The minimum Gasteiger partial charge on any atom is -0.340 e. The zero-order chi connectivity index (χ0) is 9.56. The van der Waals surface area contributed by atoms with Crippen LogP contribution in [0.5, 0.6) is 0 Å². The SMILES string of the molecule is CCCN(C(=O)CC)C(C)CC. The molecule has 0 spiro atoms. The molecule has 0 saturated heterocycles. The van der Waals surface area contributed by atoms with Crippen molar-refractivity contribution in [1.82, 2.24) is 4.90 Å². The number of hydrogen-bond donors (Lipinski definition) is 0. The first-order valence-corrected chi connectivity index (χ1v) is 4.96. The topological polar surface area (TPSA) is 20.3 Å². The molecule has 0 aliphatic heterocycles. The Morgan fingerprint density at radius 2 is 1.92 bits per heavy atom. The van der Waals surface area contributed by atoms with Crippen molar-refractivity contribution in [2.24, 2.45) is 0 Å². The number of carbonyl (C=O) groups is 1. The molecule has 0 aromatic heterocycles. The summed E-state index contributed by atoms with van der Waals surface area (Å²) in [7, 11) is 0. The van der Waals surface area contributed by atoms with E-state index >= 15 is 0 Å². The molecule has 0 aliphatic carbocycles. The Bertz CT molecular complexity index is 134. The minimum absolute atomic E-state index is 0.284. The van der Waals surface area contributed by atoms with Gasteiger partial charge in [0.25, 0.3) is 0 Å². The molecule has 0 rings (SSSR count). The molecule has 0 bridgehead atoms. The summed E-state index contributed by atoms with van der Waals surface area (Å²) >= 11 is 0. The molecule has 12 heavy (non-hydrogen) atoms. The lowest BCUT2D eigenvalue weighted by molar-refractivity contribution is -0.132. The summed E-state index contributed by atoms with van der Waals surface area (Å²) in [5.74, 6) is 0.284. The molecule has 0 heterocycles. The highest BCUT2D eigenvalue weighted by Gasteiger charge is 2.15. The number of carbonyl (C=O) groups excluding carboxylic acids is 1. The third-order valence-corrected chi connectivity index (χ3v) is 2.21. The van der Waals surface area contributed by atoms with Gasteiger partial charge in [-0.3, -0.25) is 4.79 Å². The highest BCUT2D eigenvalue weighted by atomic mass is 16.2. The maximum atomic E-state index is 11.4. The molecule has 0 radical (unpaired) electrons. The summed E-state index contributed by atoms with van der Waals surface area (Å²) in [6.07, 6.45) is 2.73. The van der Waals surface area contributed by atoms with Gasteiger partial charge in [-0.05, 0) is 19.8 Å². The van der Waals surface area contributed by atoms with Crippen LogP contribution in [0.15, 0.2) is 0 Å². The van der Waals surface area contributed by atoms with Crippen molar-refractivity contribution in [3.8, 4) is 0 Å². The molecule has 0 saturated carbocycles. The van der Waals surface area contributed by atoms with Gasteiger partial charge in [-0.1, -0.05) is 20.8 Å². The summed E-state index contributed by atoms with van der Waals surface area (Å²) in [5.41, 5.74) is 0. The fraction of sp³-hybridized carbons (Fsp3) is 0.900. The third kappa shape index (κ3) is 3.24. The Balaban J connectivity index is 4.11. The molecule has 72 valence electrons. The number of rotatable bonds is 5. The summed E-state index contributed by atoms with van der Waals surface area (Å²) in [5, 5.41) is 0. The maximum absolute atomic E-state index is 11.4. The Morgan fingerprint density at radius 1 is 1.33 bits per heavy atom. The van der Waals surface area contributed by atoms with Crippen LogP contribution < -0.4 is 0 Å². The van der Waals surface area contributed by atoms with Gasteiger partial charge in [0.2, 0.25) is 5.91 Å². The van der Waals surface area contributed by atoms with Crippen LogP contribution in [0.25, 0.3) is 0 Å². The van der Waals surface area contributed by atoms with Crippen LogP contribution in [0.3, 0.4) is 0 Å². The van der Waals surface area contributed by atoms with Crippen LogP contribution in [0, 0.1) is 0 Å². The largest absolute Gasteiger partial charge is 0.340 e. The second-order valence-corrected chi connectivity index (χ2v) is 3.20. The average Bonchev–Trinajstić information content (AvgIpc) is 2.11. The van der Waals surface area contributed by atoms with Crippen LogP contribution in [0.4, 0.5) is 0 Å². The molecule has 0 fully saturated rings. The van der Waals surface area contributed by atoms with Crippen molar-refractivity contribution in [2.45, 2.75) is 53.0 Å². The van der Waals surface area contributed by atoms with E-state index < -0.39 is 0 Å². The lowest BCUT2D eigenvalue weighted by Gasteiger charge is -2.27. The zero-order valence-electron chi connectivity index (χ0n) is 8.76. The van der Waals surface area contributed by atoms with Gasteiger partial charge in [-0.25, -0.2) is 0 Å². The van der Waals surface area contributed by atoms with Crippen molar-refractivity contribution in [3.05, 3.63) is 0 Å². The number of amides is 1. The van der Waals surface area contributed by atoms with Gasteiger partial charge in [0, 0.05) is 19.0 Å². The second kappa shape index (κ2) is 6.04. The zero-order valence-corrected chi connectivity index (χ0v) is 8.76. The molecule has 0 aromatic rings. The van der Waals surface area contributed by atoms with Gasteiger partial charge in [-0.15, -0.1) is 0 Å². The van der Waals surface area contributed by atoms with Gasteiger partial charge < -0.3 is 4.90 Å². The first-order chi connectivity index (χ1) is 5.67. The van der Waals surface area contributed by atoms with E-state index in [4.69, 9.17) is 0 Å². The van der Waals surface area contributed by atoms with Crippen LogP contribution in [0.2, 0.25) is 0 Å². The molecule has 0 aliphatic rings. The van der Waals surface area contributed by atoms with Gasteiger partial charge in [0.15, 0.2) is 0 Å².